The van der Waals surface area contributed by atoms with E-state index in [9.17, 15) is 9.59 Å². The fraction of sp³-hybridized carbons (Fsp3) is 0.750. The summed E-state index contributed by atoms with van der Waals surface area (Å²) in [6.45, 7) is 6.66. The molecule has 0 spiro atoms. The Bertz CT molecular complexity index is 177. The van der Waals surface area contributed by atoms with Gasteiger partial charge >= 0.3 is 11.9 Å². The Morgan fingerprint density at radius 2 is 1.64 bits per heavy atom. The van der Waals surface area contributed by atoms with Crippen LogP contribution in [-0.4, -0.2) is 29.2 Å². The van der Waals surface area contributed by atoms with Gasteiger partial charge in [0.1, 0.15) is 5.60 Å². The minimum atomic E-state index is -0.968. The van der Waals surface area contributed by atoms with Crippen LogP contribution in [0.15, 0.2) is 0 Å². The molecule has 0 aliphatic heterocycles. The Kier molecular flexibility index (Phi) is 11.8. The average Bonchev–Trinajstić information content (AvgIpc) is 1.83. The first kappa shape index (κ1) is 18.9. The lowest BCUT2D eigenvalue weighted by atomic mass is 10.2. The molecule has 0 atom stereocenters. The molecule has 3 N–H and O–H groups in total. The molecule has 0 aromatic heterocycles. The standard InChI is InChI=1S/C6H12O2.C2H5NO2.ClH/c1-5(7)8-6(2,3)4;3-1-2(4)5;/h1-4H3;1,3H2,(H,4,5);1H. The van der Waals surface area contributed by atoms with Crippen LogP contribution < -0.4 is 5.73 Å². The van der Waals surface area contributed by atoms with E-state index >= 15 is 0 Å². The number of rotatable bonds is 1. The van der Waals surface area contributed by atoms with E-state index in [0.29, 0.717) is 0 Å². The number of ether oxygens (including phenoxy) is 1. The van der Waals surface area contributed by atoms with Gasteiger partial charge in [-0.25, -0.2) is 0 Å². The van der Waals surface area contributed by atoms with Gasteiger partial charge in [-0.3, -0.25) is 9.59 Å². The predicted molar refractivity (Wildman–Crippen MR) is 55.5 cm³/mol. The molecule has 5 nitrogen and oxygen atoms in total. The smallest absolute Gasteiger partial charge is 0.317 e. The number of hydrogen-bond acceptors (Lipinski definition) is 4. The fourth-order valence-electron chi connectivity index (χ4n) is 0.431. The Morgan fingerprint density at radius 3 is 1.64 bits per heavy atom. The maximum absolute atomic E-state index is 10.2. The second kappa shape index (κ2) is 8.77. The number of halogens is 1. The minimum Gasteiger partial charge on any atom is -0.480 e. The lowest BCUT2D eigenvalue weighted by molar-refractivity contribution is -0.151. The summed E-state index contributed by atoms with van der Waals surface area (Å²) >= 11 is 0. The van der Waals surface area contributed by atoms with E-state index in [1.54, 1.807) is 0 Å². The third-order valence-corrected chi connectivity index (χ3v) is 0.625. The number of nitrogens with two attached hydrogens (primary N) is 1. The zero-order valence-corrected chi connectivity index (χ0v) is 9.68. The van der Waals surface area contributed by atoms with Gasteiger partial charge in [-0.2, -0.15) is 0 Å². The third kappa shape index (κ3) is 30.3. The van der Waals surface area contributed by atoms with E-state index in [-0.39, 0.29) is 30.5 Å². The normalized spacial score (nSPS) is 8.93. The van der Waals surface area contributed by atoms with Crippen LogP contribution in [-0.2, 0) is 14.3 Å². The fourth-order valence-corrected chi connectivity index (χ4v) is 0.431. The summed E-state index contributed by atoms with van der Waals surface area (Å²) in [6, 6.07) is 0. The second-order valence-corrected chi connectivity index (χ2v) is 3.30. The molecule has 86 valence electrons. The maximum atomic E-state index is 10.2. The van der Waals surface area contributed by atoms with Crippen molar-refractivity contribution in [2.45, 2.75) is 33.3 Å². The summed E-state index contributed by atoms with van der Waals surface area (Å²) in [4.78, 5) is 19.5. The minimum absolute atomic E-state index is 0. The monoisotopic (exact) mass is 227 g/mol. The maximum Gasteiger partial charge on any atom is 0.317 e. The second-order valence-electron chi connectivity index (χ2n) is 3.30. The highest BCUT2D eigenvalue weighted by molar-refractivity contribution is 5.85. The molecule has 0 saturated carbocycles. The third-order valence-electron chi connectivity index (χ3n) is 0.625. The van der Waals surface area contributed by atoms with Crippen LogP contribution in [0.3, 0.4) is 0 Å². The summed E-state index contributed by atoms with van der Waals surface area (Å²) in [5.74, 6) is -1.19. The van der Waals surface area contributed by atoms with E-state index in [1.165, 1.54) is 6.92 Å². The number of carboxylic acid groups (broad SMARTS) is 1. The van der Waals surface area contributed by atoms with Gasteiger partial charge in [0.15, 0.2) is 0 Å². The van der Waals surface area contributed by atoms with Crippen molar-refractivity contribution in [3.8, 4) is 0 Å². The van der Waals surface area contributed by atoms with Gasteiger partial charge in [-0.15, -0.1) is 12.4 Å². The summed E-state index contributed by atoms with van der Waals surface area (Å²) in [5.41, 5.74) is 4.24. The van der Waals surface area contributed by atoms with Crippen molar-refractivity contribution in [2.75, 3.05) is 6.54 Å². The van der Waals surface area contributed by atoms with Crippen molar-refractivity contribution >= 4 is 24.3 Å². The zero-order valence-electron chi connectivity index (χ0n) is 8.86. The quantitative estimate of drug-likeness (QED) is 0.647. The number of carboxylic acids is 1. The molecule has 0 aromatic carbocycles. The molecule has 14 heavy (non-hydrogen) atoms. The molecule has 0 aromatic rings. The Morgan fingerprint density at radius 1 is 1.36 bits per heavy atom. The lowest BCUT2D eigenvalue weighted by Crippen LogP contribution is -2.21. The topological polar surface area (TPSA) is 89.6 Å². The highest BCUT2D eigenvalue weighted by Gasteiger charge is 2.11. The highest BCUT2D eigenvalue weighted by atomic mass is 35.5. The van der Waals surface area contributed by atoms with Crippen molar-refractivity contribution in [3.05, 3.63) is 0 Å². The molecule has 0 amide bonds. The van der Waals surface area contributed by atoms with Crippen molar-refractivity contribution in [2.24, 2.45) is 5.73 Å². The van der Waals surface area contributed by atoms with Crippen LogP contribution in [0.1, 0.15) is 27.7 Å². The van der Waals surface area contributed by atoms with Gasteiger partial charge in [0.25, 0.3) is 0 Å². The van der Waals surface area contributed by atoms with Crippen molar-refractivity contribution in [1.82, 2.24) is 0 Å². The van der Waals surface area contributed by atoms with E-state index in [4.69, 9.17) is 9.84 Å². The van der Waals surface area contributed by atoms with Crippen molar-refractivity contribution in [1.29, 1.82) is 0 Å². The molecule has 0 aliphatic carbocycles. The Labute approximate surface area is 90.0 Å². The first-order chi connectivity index (χ1) is 5.69. The number of carbonyl (C=O) groups excluding carboxylic acids is 1. The molecule has 0 bridgehead atoms. The molecular formula is C8H18ClNO4. The summed E-state index contributed by atoms with van der Waals surface area (Å²) in [7, 11) is 0. The Hall–Kier alpha value is -0.810. The summed E-state index contributed by atoms with van der Waals surface area (Å²) in [6.07, 6.45) is 0. The van der Waals surface area contributed by atoms with Crippen LogP contribution in [0.4, 0.5) is 0 Å². The highest BCUT2D eigenvalue weighted by Crippen LogP contribution is 2.05. The van der Waals surface area contributed by atoms with E-state index in [2.05, 4.69) is 5.73 Å². The van der Waals surface area contributed by atoms with Crippen LogP contribution in [0.25, 0.3) is 0 Å². The Balaban J connectivity index is -0.000000177. The van der Waals surface area contributed by atoms with Crippen LogP contribution >= 0.6 is 12.4 Å². The molecule has 0 radical (unpaired) electrons. The summed E-state index contributed by atoms with van der Waals surface area (Å²) < 4.78 is 4.80. The average molecular weight is 228 g/mol. The zero-order chi connectivity index (χ0) is 11.1. The van der Waals surface area contributed by atoms with Crippen molar-refractivity contribution in [3.63, 3.8) is 0 Å². The van der Waals surface area contributed by atoms with Gasteiger partial charge in [0.2, 0.25) is 0 Å². The summed E-state index contributed by atoms with van der Waals surface area (Å²) in [5, 5.41) is 7.60. The predicted octanol–water partition coefficient (Wildman–Crippen LogP) is 0.800. The molecule has 0 heterocycles. The van der Waals surface area contributed by atoms with Crippen LogP contribution in [0.2, 0.25) is 0 Å². The number of carbonyl (C=O) groups is 2. The van der Waals surface area contributed by atoms with Gasteiger partial charge < -0.3 is 15.6 Å². The SMILES string of the molecule is CC(=O)OC(C)(C)C.Cl.NCC(=O)O. The van der Waals surface area contributed by atoms with Crippen molar-refractivity contribution < 1.29 is 19.4 Å². The first-order valence-corrected chi connectivity index (χ1v) is 3.80. The lowest BCUT2D eigenvalue weighted by Gasteiger charge is -2.17. The molecule has 0 fully saturated rings. The van der Waals surface area contributed by atoms with Crippen LogP contribution in [0, 0.1) is 0 Å². The molecule has 0 aliphatic rings. The van der Waals surface area contributed by atoms with E-state index in [0.717, 1.165) is 0 Å². The first-order valence-electron chi connectivity index (χ1n) is 3.80. The van der Waals surface area contributed by atoms with E-state index in [1.807, 2.05) is 20.8 Å². The van der Waals surface area contributed by atoms with Gasteiger partial charge in [0.05, 0.1) is 6.54 Å². The molecule has 0 unspecified atom stereocenters. The molecule has 0 saturated heterocycles. The number of aliphatic carboxylic acids is 1. The van der Waals surface area contributed by atoms with Crippen LogP contribution in [0.5, 0.6) is 0 Å². The largest absolute Gasteiger partial charge is 0.480 e. The van der Waals surface area contributed by atoms with E-state index < -0.39 is 5.97 Å². The molecular weight excluding hydrogens is 210 g/mol. The van der Waals surface area contributed by atoms with Gasteiger partial charge in [-0.1, -0.05) is 0 Å². The van der Waals surface area contributed by atoms with Gasteiger partial charge in [-0.05, 0) is 20.8 Å². The van der Waals surface area contributed by atoms with Gasteiger partial charge in [0, 0.05) is 6.92 Å². The molecule has 6 heteroatoms. The molecule has 0 rings (SSSR count). The number of hydrogen-bond donors (Lipinski definition) is 2. The number of esters is 1.